The molecule has 10 heteroatoms. The Kier molecular flexibility index (Phi) is 6.81. The van der Waals surface area contributed by atoms with Crippen LogP contribution in [0.3, 0.4) is 0 Å². The molecule has 0 aliphatic rings. The topological polar surface area (TPSA) is 96.5 Å². The molecule has 0 aliphatic carbocycles. The Morgan fingerprint density at radius 2 is 1.72 bits per heavy atom. The predicted molar refractivity (Wildman–Crippen MR) is 98.6 cm³/mol. The number of imide groups is 1. The number of nitrogens with one attached hydrogen (secondary N) is 3. The Bertz CT molecular complexity index is 916. The number of esters is 1. The van der Waals surface area contributed by atoms with Crippen molar-refractivity contribution in [2.75, 3.05) is 12.4 Å². The maximum Gasteiger partial charge on any atom is 0.416 e. The van der Waals surface area contributed by atoms with E-state index in [4.69, 9.17) is 4.74 Å². The molecule has 3 amide bonds. The average molecular weight is 409 g/mol. The molecule has 0 saturated heterocycles. The number of amides is 3. The number of carbonyl (C=O) groups excluding carboxylic acids is 3. The van der Waals surface area contributed by atoms with Gasteiger partial charge in [-0.15, -0.1) is 0 Å². The van der Waals surface area contributed by atoms with Crippen molar-refractivity contribution in [3.05, 3.63) is 59.7 Å². The van der Waals surface area contributed by atoms with Gasteiger partial charge < -0.3 is 15.4 Å². The van der Waals surface area contributed by atoms with Crippen LogP contribution in [-0.4, -0.2) is 31.1 Å². The third kappa shape index (κ3) is 5.96. The molecule has 0 saturated carbocycles. The first-order valence-corrected chi connectivity index (χ1v) is 8.38. The van der Waals surface area contributed by atoms with Crippen LogP contribution in [0.2, 0.25) is 0 Å². The van der Waals surface area contributed by atoms with Crippen molar-refractivity contribution in [3.8, 4) is 0 Å². The number of anilines is 2. The van der Waals surface area contributed by atoms with Gasteiger partial charge in [0.2, 0.25) is 0 Å². The number of urea groups is 1. The van der Waals surface area contributed by atoms with E-state index >= 15 is 0 Å². The van der Waals surface area contributed by atoms with Crippen LogP contribution >= 0.6 is 0 Å². The van der Waals surface area contributed by atoms with Gasteiger partial charge in [0.05, 0.1) is 16.8 Å². The van der Waals surface area contributed by atoms with Crippen molar-refractivity contribution < 1.29 is 32.3 Å². The first kappa shape index (κ1) is 21.7. The number of rotatable bonds is 5. The standard InChI is InChI=1S/C19H18F3N3O4/c1-11(16(26)25-18(28)23-2)29-17(27)14-8-3-4-9-15(14)24-13-7-5-6-12(10-13)19(20,21)22/h3-11,24H,1-2H3,(H2,23,25,26,28)/t11-/m1/s1. The van der Waals surface area contributed by atoms with Gasteiger partial charge in [0.1, 0.15) is 0 Å². The quantitative estimate of drug-likeness (QED) is 0.658. The fraction of sp³-hybridized carbons (Fsp3) is 0.211. The van der Waals surface area contributed by atoms with E-state index in [1.165, 1.54) is 44.3 Å². The summed E-state index contributed by atoms with van der Waals surface area (Å²) in [5.74, 6) is -1.72. The summed E-state index contributed by atoms with van der Waals surface area (Å²) in [7, 11) is 1.31. The lowest BCUT2D eigenvalue weighted by molar-refractivity contribution is -0.137. The maximum absolute atomic E-state index is 12.9. The minimum absolute atomic E-state index is 0.00417. The summed E-state index contributed by atoms with van der Waals surface area (Å²) in [6.07, 6.45) is -5.79. The van der Waals surface area contributed by atoms with E-state index in [1.807, 2.05) is 5.32 Å². The summed E-state index contributed by atoms with van der Waals surface area (Å²) < 4.78 is 43.7. The smallest absolute Gasteiger partial charge is 0.416 e. The van der Waals surface area contributed by atoms with Crippen LogP contribution in [0.25, 0.3) is 0 Å². The maximum atomic E-state index is 12.9. The predicted octanol–water partition coefficient (Wildman–Crippen LogP) is 3.45. The lowest BCUT2D eigenvalue weighted by Crippen LogP contribution is -2.43. The molecule has 0 unspecified atom stereocenters. The Labute approximate surface area is 164 Å². The Hall–Kier alpha value is -3.56. The number of hydrogen-bond donors (Lipinski definition) is 3. The van der Waals surface area contributed by atoms with Crippen LogP contribution in [-0.2, 0) is 15.7 Å². The van der Waals surface area contributed by atoms with Gasteiger partial charge in [-0.05, 0) is 37.3 Å². The molecule has 0 aliphatic heterocycles. The normalized spacial score (nSPS) is 11.9. The average Bonchev–Trinajstić information content (AvgIpc) is 2.67. The molecule has 0 radical (unpaired) electrons. The molecule has 0 spiro atoms. The Balaban J connectivity index is 2.17. The van der Waals surface area contributed by atoms with Crippen molar-refractivity contribution >= 4 is 29.3 Å². The van der Waals surface area contributed by atoms with Gasteiger partial charge in [-0.3, -0.25) is 10.1 Å². The summed E-state index contributed by atoms with van der Waals surface area (Å²) in [6, 6.07) is 9.70. The van der Waals surface area contributed by atoms with Crippen molar-refractivity contribution in [1.82, 2.24) is 10.6 Å². The second-order valence-electron chi connectivity index (χ2n) is 5.87. The molecule has 154 valence electrons. The first-order chi connectivity index (χ1) is 13.6. The zero-order valence-electron chi connectivity index (χ0n) is 15.5. The zero-order valence-corrected chi connectivity index (χ0v) is 15.5. The molecule has 2 rings (SSSR count). The van der Waals surface area contributed by atoms with E-state index in [2.05, 4.69) is 10.6 Å². The highest BCUT2D eigenvalue weighted by atomic mass is 19.4. The minimum Gasteiger partial charge on any atom is -0.449 e. The number of carbonyl (C=O) groups is 3. The highest BCUT2D eigenvalue weighted by Gasteiger charge is 2.30. The third-order valence-corrected chi connectivity index (χ3v) is 3.73. The number of ether oxygens (including phenoxy) is 1. The van der Waals surface area contributed by atoms with Crippen molar-refractivity contribution in [2.45, 2.75) is 19.2 Å². The molecule has 3 N–H and O–H groups in total. The van der Waals surface area contributed by atoms with Gasteiger partial charge in [-0.2, -0.15) is 13.2 Å². The van der Waals surface area contributed by atoms with Gasteiger partial charge in [-0.1, -0.05) is 18.2 Å². The van der Waals surface area contributed by atoms with Crippen molar-refractivity contribution in [2.24, 2.45) is 0 Å². The summed E-state index contributed by atoms with van der Waals surface area (Å²) in [5.41, 5.74) is -0.534. The van der Waals surface area contributed by atoms with Gasteiger partial charge in [0.15, 0.2) is 6.10 Å². The van der Waals surface area contributed by atoms with E-state index in [1.54, 1.807) is 6.07 Å². The molecule has 0 bridgehead atoms. The number of alkyl halides is 3. The van der Waals surface area contributed by atoms with E-state index in [9.17, 15) is 27.6 Å². The van der Waals surface area contributed by atoms with Crippen LogP contribution in [0.5, 0.6) is 0 Å². The molecule has 2 aromatic carbocycles. The van der Waals surface area contributed by atoms with Gasteiger partial charge in [0.25, 0.3) is 5.91 Å². The molecular weight excluding hydrogens is 391 g/mol. The van der Waals surface area contributed by atoms with Gasteiger partial charge in [-0.25, -0.2) is 9.59 Å². The van der Waals surface area contributed by atoms with Crippen LogP contribution in [0.4, 0.5) is 29.3 Å². The summed E-state index contributed by atoms with van der Waals surface area (Å²) >= 11 is 0. The van der Waals surface area contributed by atoms with Gasteiger partial charge >= 0.3 is 18.2 Å². The molecule has 7 nitrogen and oxygen atoms in total. The van der Waals surface area contributed by atoms with Crippen LogP contribution < -0.4 is 16.0 Å². The second kappa shape index (κ2) is 9.09. The van der Waals surface area contributed by atoms with Crippen LogP contribution in [0, 0.1) is 0 Å². The molecule has 1 atom stereocenters. The Morgan fingerprint density at radius 1 is 1.03 bits per heavy atom. The summed E-state index contributed by atoms with van der Waals surface area (Å²) in [6.45, 7) is 1.28. The lowest BCUT2D eigenvalue weighted by Gasteiger charge is -2.16. The lowest BCUT2D eigenvalue weighted by atomic mass is 10.1. The van der Waals surface area contributed by atoms with E-state index < -0.39 is 35.8 Å². The van der Waals surface area contributed by atoms with E-state index in [0.717, 1.165) is 12.1 Å². The SMILES string of the molecule is CNC(=O)NC(=O)[C@@H](C)OC(=O)c1ccccc1Nc1cccc(C(F)(F)F)c1. The van der Waals surface area contributed by atoms with Gasteiger partial charge in [0, 0.05) is 12.7 Å². The highest BCUT2D eigenvalue weighted by molar-refractivity contribution is 6.00. The molecule has 0 aromatic heterocycles. The van der Waals surface area contributed by atoms with E-state index in [0.29, 0.717) is 0 Å². The number of hydrogen-bond acceptors (Lipinski definition) is 5. The van der Waals surface area contributed by atoms with Crippen LogP contribution in [0.15, 0.2) is 48.5 Å². The highest BCUT2D eigenvalue weighted by Crippen LogP contribution is 2.32. The largest absolute Gasteiger partial charge is 0.449 e. The number of halogens is 3. The van der Waals surface area contributed by atoms with Crippen molar-refractivity contribution in [1.29, 1.82) is 0 Å². The molecule has 0 heterocycles. The molecule has 29 heavy (non-hydrogen) atoms. The fourth-order valence-electron chi connectivity index (χ4n) is 2.25. The monoisotopic (exact) mass is 409 g/mol. The van der Waals surface area contributed by atoms with E-state index in [-0.39, 0.29) is 16.9 Å². The molecular formula is C19H18F3N3O4. The fourth-order valence-corrected chi connectivity index (χ4v) is 2.25. The van der Waals surface area contributed by atoms with Crippen LogP contribution in [0.1, 0.15) is 22.8 Å². The second-order valence-corrected chi connectivity index (χ2v) is 5.87. The zero-order chi connectivity index (χ0) is 21.6. The Morgan fingerprint density at radius 3 is 2.38 bits per heavy atom. The first-order valence-electron chi connectivity index (χ1n) is 8.38. The molecule has 0 fully saturated rings. The van der Waals surface area contributed by atoms with Crippen molar-refractivity contribution in [3.63, 3.8) is 0 Å². The third-order valence-electron chi connectivity index (χ3n) is 3.73. The number of para-hydroxylation sites is 1. The summed E-state index contributed by atoms with van der Waals surface area (Å²) in [4.78, 5) is 35.4. The number of benzene rings is 2. The summed E-state index contributed by atoms with van der Waals surface area (Å²) in [5, 5.41) is 6.90. The molecule has 2 aromatic rings. The minimum atomic E-state index is -4.51.